The quantitative estimate of drug-likeness (QED) is 0.856. The molecule has 1 amide bonds. The van der Waals surface area contributed by atoms with Crippen LogP contribution in [0.25, 0.3) is 0 Å². The number of sulfonamides is 1. The topological polar surface area (TPSA) is 84.3 Å². The fraction of sp³-hybridized carbons (Fsp3) is 0.444. The molecule has 1 N–H and O–H groups in total. The molecule has 26 heavy (non-hydrogen) atoms. The van der Waals surface area contributed by atoms with Crippen molar-refractivity contribution in [3.63, 3.8) is 0 Å². The van der Waals surface area contributed by atoms with Crippen LogP contribution >= 0.6 is 0 Å². The predicted octanol–water partition coefficient (Wildman–Crippen LogP) is 1.45. The van der Waals surface area contributed by atoms with E-state index < -0.39 is 10.0 Å². The van der Waals surface area contributed by atoms with Gasteiger partial charge in [0.15, 0.2) is 5.03 Å². The zero-order valence-corrected chi connectivity index (χ0v) is 15.9. The average Bonchev–Trinajstić information content (AvgIpc) is 3.08. The lowest BCUT2D eigenvalue weighted by Crippen LogP contribution is -2.45. The first kappa shape index (κ1) is 18.6. The Balaban J connectivity index is 1.62. The molecule has 0 unspecified atom stereocenters. The van der Waals surface area contributed by atoms with Crippen molar-refractivity contribution in [3.8, 4) is 0 Å². The van der Waals surface area contributed by atoms with Gasteiger partial charge >= 0.3 is 0 Å². The van der Waals surface area contributed by atoms with Gasteiger partial charge < -0.3 is 9.88 Å². The van der Waals surface area contributed by atoms with Gasteiger partial charge in [0, 0.05) is 32.9 Å². The summed E-state index contributed by atoms with van der Waals surface area (Å²) in [7, 11) is -1.93. The summed E-state index contributed by atoms with van der Waals surface area (Å²) in [6.45, 7) is 3.07. The molecule has 0 saturated carbocycles. The van der Waals surface area contributed by atoms with Crippen molar-refractivity contribution in [3.05, 3.63) is 47.9 Å². The minimum atomic E-state index is -3.66. The Hall–Kier alpha value is -2.19. The van der Waals surface area contributed by atoms with Crippen LogP contribution in [0.4, 0.5) is 0 Å². The Labute approximate surface area is 154 Å². The normalized spacial score (nSPS) is 18.6. The number of piperidine rings is 1. The van der Waals surface area contributed by atoms with Crippen LogP contribution in [0, 0.1) is 12.8 Å². The molecule has 0 bridgehead atoms. The molecule has 0 spiro atoms. The molecule has 7 nitrogen and oxygen atoms in total. The minimum absolute atomic E-state index is 0.0284. The third kappa shape index (κ3) is 4.13. The summed E-state index contributed by atoms with van der Waals surface area (Å²) in [4.78, 5) is 16.4. The smallest absolute Gasteiger partial charge is 0.262 e. The van der Waals surface area contributed by atoms with Crippen LogP contribution in [0.2, 0.25) is 0 Å². The van der Waals surface area contributed by atoms with Crippen LogP contribution in [0.3, 0.4) is 0 Å². The number of aromatic nitrogens is 2. The van der Waals surface area contributed by atoms with Crippen LogP contribution in [0.5, 0.6) is 0 Å². The molecule has 2 aromatic rings. The fourth-order valence-corrected chi connectivity index (χ4v) is 4.56. The van der Waals surface area contributed by atoms with Crippen molar-refractivity contribution in [1.29, 1.82) is 0 Å². The highest BCUT2D eigenvalue weighted by atomic mass is 32.2. The van der Waals surface area contributed by atoms with E-state index in [1.807, 2.05) is 31.2 Å². The van der Waals surface area contributed by atoms with Gasteiger partial charge in [-0.1, -0.05) is 29.8 Å². The number of hydrogen-bond donors (Lipinski definition) is 1. The van der Waals surface area contributed by atoms with E-state index in [2.05, 4.69) is 10.3 Å². The van der Waals surface area contributed by atoms with Gasteiger partial charge in [-0.2, -0.15) is 4.31 Å². The Morgan fingerprint density at radius 1 is 1.31 bits per heavy atom. The maximum absolute atomic E-state index is 12.7. The van der Waals surface area contributed by atoms with Gasteiger partial charge in [0.05, 0.1) is 12.2 Å². The zero-order valence-electron chi connectivity index (χ0n) is 15.1. The summed E-state index contributed by atoms with van der Waals surface area (Å²) >= 11 is 0. The van der Waals surface area contributed by atoms with Crippen LogP contribution in [0.1, 0.15) is 24.0 Å². The van der Waals surface area contributed by atoms with Gasteiger partial charge in [-0.3, -0.25) is 4.79 Å². The summed E-state index contributed by atoms with van der Waals surface area (Å²) < 4.78 is 28.4. The molecule has 0 radical (unpaired) electrons. The van der Waals surface area contributed by atoms with E-state index in [1.165, 1.54) is 22.4 Å². The van der Waals surface area contributed by atoms with E-state index in [1.54, 1.807) is 11.6 Å². The second-order valence-electron chi connectivity index (χ2n) is 6.78. The van der Waals surface area contributed by atoms with Crippen molar-refractivity contribution in [1.82, 2.24) is 19.2 Å². The summed E-state index contributed by atoms with van der Waals surface area (Å²) in [5.74, 6) is -0.445. The van der Waals surface area contributed by atoms with Crippen LogP contribution < -0.4 is 5.32 Å². The Morgan fingerprint density at radius 2 is 2.04 bits per heavy atom. The van der Waals surface area contributed by atoms with E-state index >= 15 is 0 Å². The lowest BCUT2D eigenvalue weighted by molar-refractivity contribution is -0.126. The minimum Gasteiger partial charge on any atom is -0.352 e. The Bertz CT molecular complexity index is 874. The molecule has 140 valence electrons. The highest BCUT2D eigenvalue weighted by Gasteiger charge is 2.34. The number of amides is 1. The summed E-state index contributed by atoms with van der Waals surface area (Å²) in [5, 5.41) is 2.95. The predicted molar refractivity (Wildman–Crippen MR) is 97.7 cm³/mol. The monoisotopic (exact) mass is 376 g/mol. The first-order valence-corrected chi connectivity index (χ1v) is 10.1. The number of nitrogens with zero attached hydrogens (tertiary/aromatic N) is 3. The molecule has 1 atom stereocenters. The number of benzene rings is 1. The van der Waals surface area contributed by atoms with Gasteiger partial charge in [0.25, 0.3) is 10.0 Å². The van der Waals surface area contributed by atoms with Crippen LogP contribution in [-0.2, 0) is 28.4 Å². The summed E-state index contributed by atoms with van der Waals surface area (Å²) in [6.07, 6.45) is 4.29. The maximum Gasteiger partial charge on any atom is 0.262 e. The van der Waals surface area contributed by atoms with E-state index in [0.717, 1.165) is 5.56 Å². The lowest BCUT2D eigenvalue weighted by atomic mass is 9.98. The van der Waals surface area contributed by atoms with Gasteiger partial charge in [-0.25, -0.2) is 13.4 Å². The standard InChI is InChI=1S/C18H24N4O3S/c1-14-5-7-15(8-6-14)10-19-18(23)16-4-3-9-22(11-16)26(24,25)17-12-21(2)13-20-17/h5-8,12-13,16H,3-4,9-11H2,1-2H3,(H,19,23)/t16-/m1/s1. The van der Waals surface area contributed by atoms with Gasteiger partial charge in [0.2, 0.25) is 5.91 Å². The summed E-state index contributed by atoms with van der Waals surface area (Å²) in [6, 6.07) is 7.97. The SMILES string of the molecule is Cc1ccc(CNC(=O)[C@@H]2CCCN(S(=O)(=O)c3cn(C)cn3)C2)cc1. The zero-order chi connectivity index (χ0) is 18.7. The second-order valence-corrected chi connectivity index (χ2v) is 8.67. The number of carbonyl (C=O) groups is 1. The maximum atomic E-state index is 12.7. The molecule has 2 heterocycles. The van der Waals surface area contributed by atoms with Crippen molar-refractivity contribution >= 4 is 15.9 Å². The molecular weight excluding hydrogens is 352 g/mol. The molecule has 8 heteroatoms. The number of hydrogen-bond acceptors (Lipinski definition) is 4. The second kappa shape index (κ2) is 7.59. The molecule has 1 fully saturated rings. The highest BCUT2D eigenvalue weighted by Crippen LogP contribution is 2.23. The fourth-order valence-electron chi connectivity index (χ4n) is 3.07. The largest absolute Gasteiger partial charge is 0.352 e. The van der Waals surface area contributed by atoms with Crippen LogP contribution in [0.15, 0.2) is 41.8 Å². The third-order valence-corrected chi connectivity index (χ3v) is 6.38. The first-order chi connectivity index (χ1) is 12.4. The number of imidazole rings is 1. The molecule has 3 rings (SSSR count). The van der Waals surface area contributed by atoms with Crippen molar-refractivity contribution in [2.24, 2.45) is 13.0 Å². The average molecular weight is 376 g/mol. The third-order valence-electron chi connectivity index (χ3n) is 4.63. The molecule has 1 saturated heterocycles. The number of aryl methyl sites for hydroxylation is 2. The van der Waals surface area contributed by atoms with E-state index in [9.17, 15) is 13.2 Å². The van der Waals surface area contributed by atoms with Gasteiger partial charge in [-0.05, 0) is 25.3 Å². The molecule has 1 aromatic carbocycles. The molecule has 0 aliphatic carbocycles. The molecule has 1 aliphatic rings. The van der Waals surface area contributed by atoms with Crippen molar-refractivity contribution in [2.45, 2.75) is 31.3 Å². The van der Waals surface area contributed by atoms with Crippen LogP contribution in [-0.4, -0.2) is 41.3 Å². The molecular formula is C18H24N4O3S. The Morgan fingerprint density at radius 3 is 2.69 bits per heavy atom. The first-order valence-electron chi connectivity index (χ1n) is 8.67. The lowest BCUT2D eigenvalue weighted by Gasteiger charge is -2.30. The van der Waals surface area contributed by atoms with E-state index in [0.29, 0.717) is 25.9 Å². The molecule has 1 aromatic heterocycles. The highest BCUT2D eigenvalue weighted by molar-refractivity contribution is 7.89. The van der Waals surface area contributed by atoms with E-state index in [4.69, 9.17) is 0 Å². The number of nitrogens with one attached hydrogen (secondary N) is 1. The van der Waals surface area contributed by atoms with Crippen molar-refractivity contribution < 1.29 is 13.2 Å². The van der Waals surface area contributed by atoms with Gasteiger partial charge in [-0.15, -0.1) is 0 Å². The van der Waals surface area contributed by atoms with Crippen molar-refractivity contribution in [2.75, 3.05) is 13.1 Å². The summed E-state index contributed by atoms with van der Waals surface area (Å²) in [5.41, 5.74) is 2.19. The molecule has 1 aliphatic heterocycles. The van der Waals surface area contributed by atoms with E-state index in [-0.39, 0.29) is 23.4 Å². The number of rotatable bonds is 5. The number of carbonyl (C=O) groups excluding carboxylic acids is 1. The Kier molecular flexibility index (Phi) is 5.43. The van der Waals surface area contributed by atoms with Gasteiger partial charge in [0.1, 0.15) is 0 Å².